The summed E-state index contributed by atoms with van der Waals surface area (Å²) in [7, 11) is 0. The molecule has 77 heavy (non-hydrogen) atoms. The first-order valence-corrected chi connectivity index (χ1v) is 26.8. The van der Waals surface area contributed by atoms with Gasteiger partial charge in [0.15, 0.2) is 0 Å². The van der Waals surface area contributed by atoms with Crippen LogP contribution < -0.4 is 4.90 Å². The van der Waals surface area contributed by atoms with Crippen molar-refractivity contribution < 1.29 is 0 Å². The molecule has 0 saturated heterocycles. The van der Waals surface area contributed by atoms with Gasteiger partial charge in [-0.1, -0.05) is 249 Å². The Hall–Kier alpha value is -10.1. The molecule has 2 aliphatic carbocycles. The minimum atomic E-state index is 1.12. The summed E-state index contributed by atoms with van der Waals surface area (Å²) in [6.45, 7) is 0. The summed E-state index contributed by atoms with van der Waals surface area (Å²) in [5.41, 5.74) is 26.1. The molecule has 1 heteroatoms. The standard InChI is InChI=1S/C76H47N/c1-7-23-48(24-8-1)67-57-35-19-20-36-58(57)68(49-25-9-2-10-26-49)75-63-44-43-55(56-37-21-39-61(71(56)63)73(67)75)52-41-42-59-65(47-52)70(51-29-13-4-14-30-51)74-62-40-22-38-60-66(77(53-31-15-5-16-32-53)54-33-17-6-18-34-54)46-45-64(72(60)62)76(74)69(59)50-27-11-3-12-28-50/h1-47H. The summed E-state index contributed by atoms with van der Waals surface area (Å²) in [4.78, 5) is 2.41. The number of rotatable bonds is 8. The molecule has 2 aliphatic rings. The first-order valence-electron chi connectivity index (χ1n) is 26.8. The lowest BCUT2D eigenvalue weighted by Crippen LogP contribution is -2.10. The Balaban J connectivity index is 0.974. The van der Waals surface area contributed by atoms with Crippen molar-refractivity contribution in [2.24, 2.45) is 0 Å². The second kappa shape index (κ2) is 17.2. The summed E-state index contributed by atoms with van der Waals surface area (Å²) in [5, 5.41) is 10.1. The maximum Gasteiger partial charge on any atom is 0.0540 e. The molecule has 0 heterocycles. The van der Waals surface area contributed by atoms with Gasteiger partial charge in [0.05, 0.1) is 5.69 Å². The first kappa shape index (κ1) is 43.3. The number of hydrogen-bond donors (Lipinski definition) is 0. The van der Waals surface area contributed by atoms with E-state index >= 15 is 0 Å². The van der Waals surface area contributed by atoms with Crippen LogP contribution in [-0.4, -0.2) is 0 Å². The van der Waals surface area contributed by atoms with Crippen LogP contribution in [0.2, 0.25) is 0 Å². The fraction of sp³-hybridized carbons (Fsp3) is 0. The van der Waals surface area contributed by atoms with E-state index in [-0.39, 0.29) is 0 Å². The van der Waals surface area contributed by atoms with E-state index in [4.69, 9.17) is 0 Å². The minimum Gasteiger partial charge on any atom is -0.310 e. The maximum atomic E-state index is 2.51. The molecule has 14 aromatic carbocycles. The third kappa shape index (κ3) is 6.48. The zero-order valence-corrected chi connectivity index (χ0v) is 42.1. The molecule has 0 atom stereocenters. The molecule has 0 bridgehead atoms. The Morgan fingerprint density at radius 1 is 0.182 bits per heavy atom. The van der Waals surface area contributed by atoms with Gasteiger partial charge in [-0.15, -0.1) is 0 Å². The fourth-order valence-electron chi connectivity index (χ4n) is 13.4. The Labute approximate surface area is 447 Å². The fourth-order valence-corrected chi connectivity index (χ4v) is 13.4. The molecule has 0 fully saturated rings. The van der Waals surface area contributed by atoms with Crippen LogP contribution in [0.15, 0.2) is 285 Å². The third-order valence-electron chi connectivity index (χ3n) is 16.5. The van der Waals surface area contributed by atoms with E-state index in [2.05, 4.69) is 290 Å². The maximum absolute atomic E-state index is 2.51. The smallest absolute Gasteiger partial charge is 0.0540 e. The second-order valence-electron chi connectivity index (χ2n) is 20.5. The van der Waals surface area contributed by atoms with Gasteiger partial charge in [-0.05, 0) is 174 Å². The number of nitrogens with zero attached hydrogens (tertiary/aromatic N) is 1. The molecular formula is C76H47N. The highest BCUT2D eigenvalue weighted by molar-refractivity contribution is 6.31. The summed E-state index contributed by atoms with van der Waals surface area (Å²) in [6, 6.07) is 106. The number of para-hydroxylation sites is 2. The van der Waals surface area contributed by atoms with E-state index in [9.17, 15) is 0 Å². The van der Waals surface area contributed by atoms with Gasteiger partial charge in [0.1, 0.15) is 0 Å². The zero-order chi connectivity index (χ0) is 50.6. The van der Waals surface area contributed by atoms with E-state index in [1.54, 1.807) is 0 Å². The minimum absolute atomic E-state index is 1.12. The monoisotopic (exact) mass is 973 g/mol. The third-order valence-corrected chi connectivity index (χ3v) is 16.5. The quantitative estimate of drug-likeness (QED) is 0.147. The van der Waals surface area contributed by atoms with Gasteiger partial charge in [-0.25, -0.2) is 0 Å². The molecule has 0 saturated carbocycles. The summed E-state index contributed by atoms with van der Waals surface area (Å²) in [5.74, 6) is 0. The highest BCUT2D eigenvalue weighted by Crippen LogP contribution is 2.61. The van der Waals surface area contributed by atoms with E-state index in [0.29, 0.717) is 0 Å². The highest BCUT2D eigenvalue weighted by Gasteiger charge is 2.34. The molecule has 0 amide bonds. The molecule has 0 aromatic heterocycles. The van der Waals surface area contributed by atoms with Crippen LogP contribution >= 0.6 is 0 Å². The van der Waals surface area contributed by atoms with Crippen LogP contribution in [0.5, 0.6) is 0 Å². The number of anilines is 3. The van der Waals surface area contributed by atoms with Gasteiger partial charge >= 0.3 is 0 Å². The van der Waals surface area contributed by atoms with Crippen molar-refractivity contribution in [3.63, 3.8) is 0 Å². The van der Waals surface area contributed by atoms with Crippen LogP contribution in [0.4, 0.5) is 17.1 Å². The molecule has 0 unspecified atom stereocenters. The van der Waals surface area contributed by atoms with E-state index in [0.717, 1.165) is 17.1 Å². The van der Waals surface area contributed by atoms with Crippen LogP contribution in [-0.2, 0) is 0 Å². The van der Waals surface area contributed by atoms with Crippen molar-refractivity contribution >= 4 is 60.2 Å². The van der Waals surface area contributed by atoms with Crippen molar-refractivity contribution in [3.8, 4) is 100 Å². The molecule has 356 valence electrons. The number of benzene rings is 14. The number of fused-ring (bicyclic) bond motifs is 8. The summed E-state index contributed by atoms with van der Waals surface area (Å²) >= 11 is 0. The lowest BCUT2D eigenvalue weighted by molar-refractivity contribution is 1.30. The van der Waals surface area contributed by atoms with Crippen molar-refractivity contribution in [1.29, 1.82) is 0 Å². The summed E-state index contributed by atoms with van der Waals surface area (Å²) in [6.07, 6.45) is 0. The molecule has 0 aliphatic heterocycles. The molecule has 0 N–H and O–H groups in total. The van der Waals surface area contributed by atoms with Crippen molar-refractivity contribution in [1.82, 2.24) is 0 Å². The van der Waals surface area contributed by atoms with Crippen molar-refractivity contribution in [2.75, 3.05) is 4.90 Å². The van der Waals surface area contributed by atoms with Gasteiger partial charge in [-0.2, -0.15) is 0 Å². The van der Waals surface area contributed by atoms with E-state index in [1.165, 1.54) is 143 Å². The normalized spacial score (nSPS) is 11.9. The van der Waals surface area contributed by atoms with Crippen molar-refractivity contribution in [2.45, 2.75) is 0 Å². The average molecular weight is 974 g/mol. The Bertz CT molecular complexity index is 4550. The van der Waals surface area contributed by atoms with Crippen molar-refractivity contribution in [3.05, 3.63) is 285 Å². The second-order valence-corrected chi connectivity index (χ2v) is 20.5. The van der Waals surface area contributed by atoms with Crippen LogP contribution in [0.3, 0.4) is 0 Å². The SMILES string of the molecule is c1ccc(-c2c3c(c(-c4ccccc4)c4ccccc24)-c2ccc(-c4ccc5c(-c6ccccc6)c6c(c(-c7ccccc7)c5c4)-c4cccc5c(N(c7ccccc7)c7ccccc7)ccc-6c45)c4cccc-3c24)cc1. The van der Waals surface area contributed by atoms with Crippen LogP contribution in [0.1, 0.15) is 0 Å². The van der Waals surface area contributed by atoms with Crippen LogP contribution in [0, 0.1) is 0 Å². The molecule has 0 spiro atoms. The van der Waals surface area contributed by atoms with E-state index < -0.39 is 0 Å². The van der Waals surface area contributed by atoms with E-state index in [1.807, 2.05) is 0 Å². The topological polar surface area (TPSA) is 3.24 Å². The lowest BCUT2D eigenvalue weighted by Gasteiger charge is -2.27. The Morgan fingerprint density at radius 2 is 0.519 bits per heavy atom. The highest BCUT2D eigenvalue weighted by atomic mass is 15.1. The largest absolute Gasteiger partial charge is 0.310 e. The Kier molecular flexibility index (Phi) is 9.71. The number of hydrogen-bond acceptors (Lipinski definition) is 1. The lowest BCUT2D eigenvalue weighted by atomic mass is 9.81. The molecule has 14 aromatic rings. The molecule has 0 radical (unpaired) electrons. The first-order chi connectivity index (χ1) is 38.3. The Morgan fingerprint density at radius 3 is 0.987 bits per heavy atom. The molecular weight excluding hydrogens is 927 g/mol. The van der Waals surface area contributed by atoms with Gasteiger partial charge in [0, 0.05) is 16.8 Å². The van der Waals surface area contributed by atoms with Gasteiger partial charge in [0.2, 0.25) is 0 Å². The predicted octanol–water partition coefficient (Wildman–Crippen LogP) is 21.4. The molecule has 16 rings (SSSR count). The summed E-state index contributed by atoms with van der Waals surface area (Å²) < 4.78 is 0. The van der Waals surface area contributed by atoms with Crippen LogP contribution in [0.25, 0.3) is 143 Å². The molecule has 1 nitrogen and oxygen atoms in total. The van der Waals surface area contributed by atoms with Gasteiger partial charge in [-0.3, -0.25) is 0 Å². The predicted molar refractivity (Wildman–Crippen MR) is 327 cm³/mol. The average Bonchev–Trinajstić information content (AvgIpc) is 4.08. The van der Waals surface area contributed by atoms with Gasteiger partial charge in [0.25, 0.3) is 0 Å². The van der Waals surface area contributed by atoms with Gasteiger partial charge < -0.3 is 4.90 Å². The zero-order valence-electron chi connectivity index (χ0n) is 42.1.